The highest BCUT2D eigenvalue weighted by Crippen LogP contribution is 2.38. The number of hydrogen-bond acceptors (Lipinski definition) is 3. The van der Waals surface area contributed by atoms with Gasteiger partial charge in [-0.1, -0.05) is 57.7 Å². The minimum absolute atomic E-state index is 0.0880. The number of thioether (sulfide) groups is 1. The Hall–Kier alpha value is 0.240. The van der Waals surface area contributed by atoms with Gasteiger partial charge in [-0.2, -0.15) is 0 Å². The molecule has 1 aliphatic heterocycles. The lowest BCUT2D eigenvalue weighted by Gasteiger charge is -2.27. The largest absolute Gasteiger partial charge is 0.471 e. The molecule has 0 aliphatic carbocycles. The molecule has 0 bridgehead atoms. The van der Waals surface area contributed by atoms with Crippen molar-refractivity contribution in [2.24, 2.45) is 0 Å². The zero-order valence-corrected chi connectivity index (χ0v) is 12.9. The molecule has 1 nitrogen and oxygen atoms in total. The molecule has 0 spiro atoms. The van der Waals surface area contributed by atoms with Gasteiger partial charge in [-0.25, -0.2) is 0 Å². The molecule has 0 N–H and O–H groups in total. The van der Waals surface area contributed by atoms with Crippen LogP contribution in [-0.4, -0.2) is 15.7 Å². The second-order valence-corrected chi connectivity index (χ2v) is 6.67. The van der Waals surface area contributed by atoms with Gasteiger partial charge in [-0.05, 0) is 37.9 Å². The number of unbranched alkanes of at least 4 members (excludes halogenated alkanes) is 5. The summed E-state index contributed by atoms with van der Waals surface area (Å²) in [5.74, 6) is 1.08. The first-order valence-corrected chi connectivity index (χ1v) is 8.47. The Morgan fingerprint density at radius 2 is 1.65 bits per heavy atom. The van der Waals surface area contributed by atoms with Crippen molar-refractivity contribution >= 4 is 28.4 Å². The normalized spacial score (nSPS) is 24.0. The highest BCUT2D eigenvalue weighted by molar-refractivity contribution is 8.22. The molecule has 1 heterocycles. The third kappa shape index (κ3) is 5.60. The standard InChI is InChI=1S/C14H26OS2/c1-3-5-7-9-11-14(10-8-6-4-2)12-17-13(16)15-14/h3-12H2,1-2H3. The fraction of sp³-hybridized carbons (Fsp3) is 0.929. The van der Waals surface area contributed by atoms with Crippen LogP contribution in [0.1, 0.15) is 71.6 Å². The summed E-state index contributed by atoms with van der Waals surface area (Å²) in [4.78, 5) is 0. The van der Waals surface area contributed by atoms with Crippen LogP contribution in [0.3, 0.4) is 0 Å². The van der Waals surface area contributed by atoms with Gasteiger partial charge in [-0.15, -0.1) is 0 Å². The molecule has 0 saturated carbocycles. The molecule has 1 fully saturated rings. The lowest BCUT2D eigenvalue weighted by molar-refractivity contribution is 0.0725. The topological polar surface area (TPSA) is 9.23 Å². The van der Waals surface area contributed by atoms with E-state index in [2.05, 4.69) is 13.8 Å². The molecule has 1 aliphatic rings. The third-order valence-corrected chi connectivity index (χ3v) is 4.90. The summed E-state index contributed by atoms with van der Waals surface area (Å²) in [6.45, 7) is 4.51. The van der Waals surface area contributed by atoms with Gasteiger partial charge in [0.15, 0.2) is 0 Å². The van der Waals surface area contributed by atoms with Crippen LogP contribution in [0.2, 0.25) is 0 Å². The molecule has 1 rings (SSSR count). The minimum atomic E-state index is 0.0880. The molecular weight excluding hydrogens is 248 g/mol. The van der Waals surface area contributed by atoms with E-state index in [0.717, 1.165) is 10.1 Å². The van der Waals surface area contributed by atoms with E-state index in [1.807, 2.05) is 0 Å². The molecule has 1 unspecified atom stereocenters. The zero-order chi connectivity index (χ0) is 12.6. The van der Waals surface area contributed by atoms with Crippen molar-refractivity contribution in [2.75, 3.05) is 5.75 Å². The number of rotatable bonds is 9. The molecule has 100 valence electrons. The Kier molecular flexibility index (Phi) is 7.52. The van der Waals surface area contributed by atoms with E-state index >= 15 is 0 Å². The van der Waals surface area contributed by atoms with Crippen LogP contribution in [0.15, 0.2) is 0 Å². The molecular formula is C14H26OS2. The summed E-state index contributed by atoms with van der Waals surface area (Å²) in [6.07, 6.45) is 11.6. The molecule has 0 radical (unpaired) electrons. The Bertz CT molecular complexity index is 230. The van der Waals surface area contributed by atoms with Crippen LogP contribution >= 0.6 is 24.0 Å². The van der Waals surface area contributed by atoms with E-state index in [9.17, 15) is 0 Å². The maximum Gasteiger partial charge on any atom is 0.220 e. The maximum absolute atomic E-state index is 5.97. The summed E-state index contributed by atoms with van der Waals surface area (Å²) in [5, 5.41) is 0. The van der Waals surface area contributed by atoms with Crippen molar-refractivity contribution in [1.82, 2.24) is 0 Å². The van der Waals surface area contributed by atoms with Crippen molar-refractivity contribution in [3.63, 3.8) is 0 Å². The zero-order valence-electron chi connectivity index (χ0n) is 11.3. The molecule has 0 aromatic carbocycles. The van der Waals surface area contributed by atoms with Gasteiger partial charge in [0.1, 0.15) is 5.60 Å². The minimum Gasteiger partial charge on any atom is -0.471 e. The Morgan fingerprint density at radius 3 is 2.18 bits per heavy atom. The third-order valence-electron chi connectivity index (χ3n) is 3.47. The van der Waals surface area contributed by atoms with Crippen LogP contribution in [-0.2, 0) is 4.74 Å². The second-order valence-electron chi connectivity index (χ2n) is 5.09. The van der Waals surface area contributed by atoms with Gasteiger partial charge in [0.05, 0.1) is 0 Å². The van der Waals surface area contributed by atoms with Crippen LogP contribution in [0, 0.1) is 0 Å². The Morgan fingerprint density at radius 1 is 1.06 bits per heavy atom. The first-order chi connectivity index (χ1) is 8.22. The van der Waals surface area contributed by atoms with Crippen LogP contribution in [0.4, 0.5) is 0 Å². The molecule has 1 atom stereocenters. The smallest absolute Gasteiger partial charge is 0.220 e. The molecule has 3 heteroatoms. The number of hydrogen-bond donors (Lipinski definition) is 0. The summed E-state index contributed by atoms with van der Waals surface area (Å²) in [7, 11) is 0. The summed E-state index contributed by atoms with van der Waals surface area (Å²) in [6, 6.07) is 0. The molecule has 0 amide bonds. The van der Waals surface area contributed by atoms with E-state index in [-0.39, 0.29) is 5.60 Å². The van der Waals surface area contributed by atoms with Crippen molar-refractivity contribution in [1.29, 1.82) is 0 Å². The first kappa shape index (κ1) is 15.3. The number of thiocarbonyl (C=S) groups is 1. The summed E-state index contributed by atoms with van der Waals surface area (Å²) in [5.41, 5.74) is 0.0880. The summed E-state index contributed by atoms with van der Waals surface area (Å²) >= 11 is 6.92. The monoisotopic (exact) mass is 274 g/mol. The van der Waals surface area contributed by atoms with E-state index in [4.69, 9.17) is 17.0 Å². The van der Waals surface area contributed by atoms with Gasteiger partial charge in [-0.3, -0.25) is 0 Å². The van der Waals surface area contributed by atoms with Crippen molar-refractivity contribution < 1.29 is 4.74 Å². The predicted octanol–water partition coefficient (Wildman–Crippen LogP) is 5.32. The van der Waals surface area contributed by atoms with Gasteiger partial charge in [0.2, 0.25) is 4.38 Å². The second kappa shape index (κ2) is 8.36. The van der Waals surface area contributed by atoms with Crippen molar-refractivity contribution in [3.05, 3.63) is 0 Å². The van der Waals surface area contributed by atoms with E-state index in [0.29, 0.717) is 0 Å². The molecule has 0 aromatic heterocycles. The van der Waals surface area contributed by atoms with E-state index in [1.54, 1.807) is 11.8 Å². The van der Waals surface area contributed by atoms with E-state index in [1.165, 1.54) is 57.8 Å². The highest BCUT2D eigenvalue weighted by atomic mass is 32.2. The molecule has 1 saturated heterocycles. The van der Waals surface area contributed by atoms with Crippen LogP contribution < -0.4 is 0 Å². The Labute approximate surface area is 116 Å². The fourth-order valence-corrected chi connectivity index (χ4v) is 3.69. The average Bonchev–Trinajstić information content (AvgIpc) is 2.68. The average molecular weight is 274 g/mol. The summed E-state index contributed by atoms with van der Waals surface area (Å²) < 4.78 is 6.75. The Balaban J connectivity index is 2.34. The van der Waals surface area contributed by atoms with Crippen molar-refractivity contribution in [3.8, 4) is 0 Å². The van der Waals surface area contributed by atoms with Crippen LogP contribution in [0.25, 0.3) is 0 Å². The first-order valence-electron chi connectivity index (χ1n) is 7.08. The fourth-order valence-electron chi connectivity index (χ4n) is 2.37. The lowest BCUT2D eigenvalue weighted by Crippen LogP contribution is -2.31. The van der Waals surface area contributed by atoms with Gasteiger partial charge >= 0.3 is 0 Å². The predicted molar refractivity (Wildman–Crippen MR) is 81.8 cm³/mol. The van der Waals surface area contributed by atoms with Gasteiger partial charge in [0.25, 0.3) is 0 Å². The SMILES string of the molecule is CCCCCCC1(CCCCC)CSC(=S)O1. The van der Waals surface area contributed by atoms with E-state index < -0.39 is 0 Å². The maximum atomic E-state index is 5.97. The van der Waals surface area contributed by atoms with Crippen molar-refractivity contribution in [2.45, 2.75) is 77.2 Å². The highest BCUT2D eigenvalue weighted by Gasteiger charge is 2.37. The van der Waals surface area contributed by atoms with Crippen LogP contribution in [0.5, 0.6) is 0 Å². The van der Waals surface area contributed by atoms with Gasteiger partial charge in [0, 0.05) is 5.75 Å². The number of ether oxygens (including phenoxy) is 1. The quantitative estimate of drug-likeness (QED) is 0.416. The lowest BCUT2D eigenvalue weighted by atomic mass is 9.91. The molecule has 0 aromatic rings. The van der Waals surface area contributed by atoms with Gasteiger partial charge < -0.3 is 4.74 Å². The molecule has 17 heavy (non-hydrogen) atoms.